The van der Waals surface area contributed by atoms with E-state index in [2.05, 4.69) is 0 Å². The maximum Gasteiger partial charge on any atom is 0.255 e. The Morgan fingerprint density at radius 3 is 2.68 bits per heavy atom. The van der Waals surface area contributed by atoms with Gasteiger partial charge in [-0.15, -0.1) is 0 Å². The fourth-order valence-electron chi connectivity index (χ4n) is 2.17. The zero-order valence-electron chi connectivity index (χ0n) is 10.7. The molecule has 0 radical (unpaired) electrons. The summed E-state index contributed by atoms with van der Waals surface area (Å²) in [6.45, 7) is 2.27. The van der Waals surface area contributed by atoms with E-state index in [0.717, 1.165) is 0 Å². The molecule has 1 aliphatic rings. The molecular weight excluding hydrogens is 266 g/mol. The Kier molecular flexibility index (Phi) is 3.91. The van der Waals surface area contributed by atoms with Crippen molar-refractivity contribution in [3.63, 3.8) is 0 Å². The molecule has 0 bridgehead atoms. The minimum atomic E-state index is -3.43. The highest BCUT2D eigenvalue weighted by molar-refractivity contribution is 7.91. The molecule has 1 atom stereocenters. The lowest BCUT2D eigenvalue weighted by Crippen LogP contribution is -2.30. The Bertz CT molecular complexity index is 582. The summed E-state index contributed by atoms with van der Waals surface area (Å²) in [7, 11) is -3.43. The lowest BCUT2D eigenvalue weighted by Gasteiger charge is -2.17. The standard InChI is InChI=1S/C13H17NO4S/c1-2-19(17,18)12-6-4-3-5-11(12)13(16)14-8-7-10(15)9-14/h3-6,10,15H,2,7-9H2,1H3/t10-/m1/s1. The first-order chi connectivity index (χ1) is 8.95. The van der Waals surface area contributed by atoms with Crippen molar-refractivity contribution in [2.75, 3.05) is 18.8 Å². The van der Waals surface area contributed by atoms with Gasteiger partial charge in [0.25, 0.3) is 5.91 Å². The van der Waals surface area contributed by atoms with Crippen LogP contribution in [0.1, 0.15) is 23.7 Å². The molecule has 0 aliphatic carbocycles. The molecule has 19 heavy (non-hydrogen) atoms. The number of hydrogen-bond donors (Lipinski definition) is 1. The van der Waals surface area contributed by atoms with Gasteiger partial charge in [0.05, 0.1) is 22.3 Å². The molecule has 0 spiro atoms. The molecule has 6 heteroatoms. The summed E-state index contributed by atoms with van der Waals surface area (Å²) in [5, 5.41) is 9.46. The number of nitrogens with zero attached hydrogens (tertiary/aromatic N) is 1. The molecule has 0 saturated carbocycles. The van der Waals surface area contributed by atoms with E-state index in [9.17, 15) is 18.3 Å². The normalized spacial score (nSPS) is 19.7. The van der Waals surface area contributed by atoms with Crippen LogP contribution in [0.4, 0.5) is 0 Å². The molecule has 1 amide bonds. The van der Waals surface area contributed by atoms with Gasteiger partial charge in [-0.05, 0) is 18.6 Å². The molecular formula is C13H17NO4S. The van der Waals surface area contributed by atoms with Crippen LogP contribution in [0.2, 0.25) is 0 Å². The minimum absolute atomic E-state index is 0.0417. The fourth-order valence-corrected chi connectivity index (χ4v) is 3.25. The highest BCUT2D eigenvalue weighted by atomic mass is 32.2. The number of carbonyl (C=O) groups excluding carboxylic acids is 1. The maximum atomic E-state index is 12.3. The van der Waals surface area contributed by atoms with Crippen LogP contribution in [0.5, 0.6) is 0 Å². The Morgan fingerprint density at radius 2 is 2.11 bits per heavy atom. The molecule has 1 aromatic rings. The summed E-state index contributed by atoms with van der Waals surface area (Å²) in [6.07, 6.45) is 0.0212. The molecule has 2 rings (SSSR count). The van der Waals surface area contributed by atoms with E-state index in [4.69, 9.17) is 0 Å². The number of amides is 1. The van der Waals surface area contributed by atoms with Crippen LogP contribution in [-0.2, 0) is 9.84 Å². The monoisotopic (exact) mass is 283 g/mol. The first-order valence-electron chi connectivity index (χ1n) is 6.25. The molecule has 1 heterocycles. The molecule has 1 fully saturated rings. The molecule has 104 valence electrons. The van der Waals surface area contributed by atoms with Gasteiger partial charge in [-0.1, -0.05) is 19.1 Å². The second-order valence-corrected chi connectivity index (χ2v) is 6.84. The second-order valence-electron chi connectivity index (χ2n) is 4.59. The summed E-state index contributed by atoms with van der Waals surface area (Å²) in [5.74, 6) is -0.371. The Labute approximate surface area is 112 Å². The van der Waals surface area contributed by atoms with Crippen LogP contribution in [0.3, 0.4) is 0 Å². The zero-order chi connectivity index (χ0) is 14.0. The topological polar surface area (TPSA) is 74.7 Å². The molecule has 0 unspecified atom stereocenters. The summed E-state index contributed by atoms with van der Waals surface area (Å²) in [5.41, 5.74) is 0.193. The van der Waals surface area contributed by atoms with Crippen LogP contribution in [0.25, 0.3) is 0 Å². The number of likely N-dealkylation sites (tertiary alicyclic amines) is 1. The first kappa shape index (κ1) is 14.0. The number of aliphatic hydroxyl groups is 1. The molecule has 1 saturated heterocycles. The molecule has 1 N–H and O–H groups in total. The Morgan fingerprint density at radius 1 is 1.42 bits per heavy atom. The van der Waals surface area contributed by atoms with Crippen molar-refractivity contribution in [2.24, 2.45) is 0 Å². The largest absolute Gasteiger partial charge is 0.391 e. The second kappa shape index (κ2) is 5.30. The highest BCUT2D eigenvalue weighted by Crippen LogP contribution is 2.21. The smallest absolute Gasteiger partial charge is 0.255 e. The average Bonchev–Trinajstić information content (AvgIpc) is 2.84. The summed E-state index contributed by atoms with van der Waals surface area (Å²) in [4.78, 5) is 13.9. The van der Waals surface area contributed by atoms with Crippen LogP contribution >= 0.6 is 0 Å². The number of benzene rings is 1. The predicted molar refractivity (Wildman–Crippen MR) is 70.7 cm³/mol. The van der Waals surface area contributed by atoms with Crippen LogP contribution in [0, 0.1) is 0 Å². The van der Waals surface area contributed by atoms with Gasteiger partial charge in [-0.2, -0.15) is 0 Å². The van der Waals surface area contributed by atoms with Crippen molar-refractivity contribution in [1.82, 2.24) is 4.90 Å². The number of hydrogen-bond acceptors (Lipinski definition) is 4. The average molecular weight is 283 g/mol. The van der Waals surface area contributed by atoms with Crippen LogP contribution in [0.15, 0.2) is 29.2 Å². The van der Waals surface area contributed by atoms with E-state index in [1.54, 1.807) is 19.1 Å². The summed E-state index contributed by atoms with van der Waals surface area (Å²) in [6, 6.07) is 6.24. The van der Waals surface area contributed by atoms with E-state index < -0.39 is 15.9 Å². The molecule has 1 aliphatic heterocycles. The first-order valence-corrected chi connectivity index (χ1v) is 7.90. The predicted octanol–water partition coefficient (Wildman–Crippen LogP) is 0.687. The summed E-state index contributed by atoms with van der Waals surface area (Å²) >= 11 is 0. The van der Waals surface area contributed by atoms with Gasteiger partial charge in [0.15, 0.2) is 9.84 Å². The van der Waals surface area contributed by atoms with Gasteiger partial charge < -0.3 is 10.0 Å². The fraction of sp³-hybridized carbons (Fsp3) is 0.462. The molecule has 5 nitrogen and oxygen atoms in total. The van der Waals surface area contributed by atoms with Crippen molar-refractivity contribution >= 4 is 15.7 Å². The van der Waals surface area contributed by atoms with Crippen molar-refractivity contribution in [2.45, 2.75) is 24.3 Å². The highest BCUT2D eigenvalue weighted by Gasteiger charge is 2.28. The van der Waals surface area contributed by atoms with E-state index in [-0.39, 0.29) is 28.7 Å². The van der Waals surface area contributed by atoms with Crippen molar-refractivity contribution < 1.29 is 18.3 Å². The number of rotatable bonds is 3. The number of aliphatic hydroxyl groups excluding tert-OH is 1. The van der Waals surface area contributed by atoms with Gasteiger partial charge in [0.2, 0.25) is 0 Å². The Hall–Kier alpha value is -1.40. The maximum absolute atomic E-state index is 12.3. The number of sulfone groups is 1. The lowest BCUT2D eigenvalue weighted by atomic mass is 10.2. The number of carbonyl (C=O) groups is 1. The zero-order valence-corrected chi connectivity index (χ0v) is 11.6. The third-order valence-corrected chi connectivity index (χ3v) is 5.07. The summed E-state index contributed by atoms with van der Waals surface area (Å²) < 4.78 is 24.0. The van der Waals surface area contributed by atoms with Gasteiger partial charge in [-0.25, -0.2) is 8.42 Å². The van der Waals surface area contributed by atoms with Crippen molar-refractivity contribution in [1.29, 1.82) is 0 Å². The third-order valence-electron chi connectivity index (χ3n) is 3.28. The van der Waals surface area contributed by atoms with E-state index in [1.165, 1.54) is 17.0 Å². The number of β-amino-alcohol motifs (C(OH)–C–C–N with tert-alkyl or cyclic N) is 1. The van der Waals surface area contributed by atoms with Gasteiger partial charge in [-0.3, -0.25) is 4.79 Å². The van der Waals surface area contributed by atoms with Crippen molar-refractivity contribution in [3.05, 3.63) is 29.8 Å². The lowest BCUT2D eigenvalue weighted by molar-refractivity contribution is 0.0761. The third kappa shape index (κ3) is 2.79. The Balaban J connectivity index is 2.38. The quantitative estimate of drug-likeness (QED) is 0.885. The van der Waals surface area contributed by atoms with Gasteiger partial charge in [0, 0.05) is 13.1 Å². The van der Waals surface area contributed by atoms with Gasteiger partial charge in [0.1, 0.15) is 0 Å². The van der Waals surface area contributed by atoms with E-state index >= 15 is 0 Å². The SMILES string of the molecule is CCS(=O)(=O)c1ccccc1C(=O)N1CC[C@@H](O)C1. The van der Waals surface area contributed by atoms with Gasteiger partial charge >= 0.3 is 0 Å². The molecule has 1 aromatic carbocycles. The van der Waals surface area contributed by atoms with Crippen LogP contribution < -0.4 is 0 Å². The molecule has 0 aromatic heterocycles. The van der Waals surface area contributed by atoms with E-state index in [0.29, 0.717) is 13.0 Å². The van der Waals surface area contributed by atoms with E-state index in [1.807, 2.05) is 0 Å². The minimum Gasteiger partial charge on any atom is -0.391 e. The van der Waals surface area contributed by atoms with Crippen molar-refractivity contribution in [3.8, 4) is 0 Å². The van der Waals surface area contributed by atoms with Crippen LogP contribution in [-0.4, -0.2) is 49.3 Å².